The molecule has 2 amide bonds. The minimum atomic E-state index is -5.01. The van der Waals surface area contributed by atoms with Gasteiger partial charge in [-0.1, -0.05) is 30.6 Å². The van der Waals surface area contributed by atoms with Crippen LogP contribution in [-0.2, 0) is 19.1 Å². The number of nitrogens with one attached hydrogen (secondary N) is 2. The van der Waals surface area contributed by atoms with Crippen molar-refractivity contribution in [1.82, 2.24) is 29.7 Å². The second-order valence-corrected chi connectivity index (χ2v) is 10.9. The third-order valence-electron chi connectivity index (χ3n) is 7.21. The number of nitrogens with two attached hydrogens (primary N) is 2. The minimum Gasteiger partial charge on any atom is -0.394 e. The molecule has 0 saturated carbocycles. The number of aliphatic hydroxyl groups is 3. The van der Waals surface area contributed by atoms with Gasteiger partial charge in [0, 0.05) is 25.2 Å². The summed E-state index contributed by atoms with van der Waals surface area (Å²) in [6.45, 7) is 0.225. The summed E-state index contributed by atoms with van der Waals surface area (Å²) in [7, 11) is 0. The van der Waals surface area contributed by atoms with Gasteiger partial charge in [-0.2, -0.15) is 36.3 Å². The molecule has 2 aromatic rings. The van der Waals surface area contributed by atoms with Crippen LogP contribution in [0.4, 0.5) is 38.0 Å². The maximum Gasteiger partial charge on any atom is 0.471 e. The van der Waals surface area contributed by atoms with Gasteiger partial charge < -0.3 is 46.9 Å². The topological polar surface area (TPSA) is 259 Å². The Morgan fingerprint density at radius 2 is 1.21 bits per heavy atom. The number of carbonyl (C=O) groups is 2. The summed E-state index contributed by atoms with van der Waals surface area (Å²) in [5, 5.41) is 31.8. The van der Waals surface area contributed by atoms with E-state index in [-0.39, 0.29) is 35.6 Å². The van der Waals surface area contributed by atoms with Crippen LogP contribution >= 0.6 is 0 Å². The Morgan fingerprint density at radius 3 is 1.54 bits per heavy atom. The summed E-state index contributed by atoms with van der Waals surface area (Å²) in [5.41, 5.74) is 9.78. The number of nitrogen functional groups attached to an aromatic ring is 2. The molecule has 0 radical (unpaired) electrons. The molecule has 23 heteroatoms. The number of hydrogen-bond donors (Lipinski definition) is 7. The number of halogens is 6. The number of anilines is 2. The Labute approximate surface area is 288 Å². The van der Waals surface area contributed by atoms with E-state index in [1.807, 2.05) is 6.92 Å². The van der Waals surface area contributed by atoms with Gasteiger partial charge in [0.1, 0.15) is 30.2 Å². The highest BCUT2D eigenvalue weighted by Crippen LogP contribution is 2.30. The van der Waals surface area contributed by atoms with Crippen LogP contribution in [0.15, 0.2) is 22.0 Å². The van der Waals surface area contributed by atoms with E-state index in [1.165, 1.54) is 12.4 Å². The van der Waals surface area contributed by atoms with E-state index in [0.29, 0.717) is 6.42 Å². The lowest BCUT2D eigenvalue weighted by Crippen LogP contribution is -2.36. The zero-order chi connectivity index (χ0) is 39.0. The standard InChI is InChI=1S/C15H17F3N4O4.C14H15F3N4O5/c1-2-10-9(23)6-11(26-10)22-7-8(12(19)21-14(22)25)4-3-5-20-13(24)15(16,17)18;15-14(16,17)12(24)19-3-1-2-7-5-21(13(25)20-11(7)18)10-4-8(23)9(6-22)26-10/h7,9-11,23H,2,5-6H2,1H3,(H,20,24)(H2,19,21,25);5,8-10,22-23H,3-4,6H2,(H,19,24)(H2,18,20,25). The van der Waals surface area contributed by atoms with Crippen LogP contribution in [0.25, 0.3) is 0 Å². The second-order valence-electron chi connectivity index (χ2n) is 10.9. The number of aliphatic hydroxyl groups excluding tert-OH is 3. The highest BCUT2D eigenvalue weighted by atomic mass is 19.4. The van der Waals surface area contributed by atoms with Gasteiger partial charge in [0.05, 0.1) is 49.1 Å². The van der Waals surface area contributed by atoms with Crippen LogP contribution in [-0.4, -0.2) is 103 Å². The lowest BCUT2D eigenvalue weighted by atomic mass is 10.1. The molecule has 9 N–H and O–H groups in total. The van der Waals surface area contributed by atoms with Crippen molar-refractivity contribution in [1.29, 1.82) is 0 Å². The normalized spacial score (nSPS) is 22.6. The molecular formula is C29H32F6N8O9. The number of hydrogen-bond acceptors (Lipinski definition) is 13. The summed E-state index contributed by atoms with van der Waals surface area (Å²) in [5.74, 6) is 4.72. The molecule has 0 bridgehead atoms. The summed E-state index contributed by atoms with van der Waals surface area (Å²) in [6, 6.07) is 0. The van der Waals surface area contributed by atoms with Gasteiger partial charge in [-0.25, -0.2) is 9.59 Å². The smallest absolute Gasteiger partial charge is 0.394 e. The minimum absolute atomic E-state index is 0.0191. The van der Waals surface area contributed by atoms with Crippen LogP contribution < -0.4 is 33.5 Å². The van der Waals surface area contributed by atoms with Crippen LogP contribution in [0.2, 0.25) is 0 Å². The van der Waals surface area contributed by atoms with Gasteiger partial charge in [-0.15, -0.1) is 0 Å². The molecule has 6 atom stereocenters. The van der Waals surface area contributed by atoms with Crippen molar-refractivity contribution < 1.29 is 60.7 Å². The van der Waals surface area contributed by atoms with Crippen molar-refractivity contribution >= 4 is 23.5 Å². The molecule has 4 heterocycles. The fourth-order valence-electron chi connectivity index (χ4n) is 4.60. The lowest BCUT2D eigenvalue weighted by Gasteiger charge is -2.15. The van der Waals surface area contributed by atoms with E-state index in [9.17, 15) is 55.7 Å². The molecule has 17 nitrogen and oxygen atoms in total. The number of alkyl halides is 6. The average molecular weight is 751 g/mol. The first-order valence-corrected chi connectivity index (χ1v) is 15.0. The van der Waals surface area contributed by atoms with Gasteiger partial charge in [0.25, 0.3) is 0 Å². The predicted molar refractivity (Wildman–Crippen MR) is 164 cm³/mol. The van der Waals surface area contributed by atoms with Gasteiger partial charge in [0.2, 0.25) is 0 Å². The van der Waals surface area contributed by atoms with Gasteiger partial charge in [0.15, 0.2) is 0 Å². The first kappa shape index (κ1) is 41.2. The average Bonchev–Trinajstić information content (AvgIpc) is 3.63. The molecule has 2 aliphatic rings. The van der Waals surface area contributed by atoms with Gasteiger partial charge in [-0.3, -0.25) is 18.7 Å². The predicted octanol–water partition coefficient (Wildman–Crippen LogP) is -1.59. The van der Waals surface area contributed by atoms with E-state index in [4.69, 9.17) is 26.0 Å². The SMILES string of the molecule is CCC1OC(n2cc(C#CCNC(=O)C(F)(F)F)c(N)nc2=O)CC1O.Nc1nc(=O)n(C2CC(O)C(CO)O2)cc1C#CCNC(=O)C(F)(F)F. The number of carbonyl (C=O) groups excluding carboxylic acids is 2. The molecule has 4 rings (SSSR count). The molecule has 2 aliphatic heterocycles. The Morgan fingerprint density at radius 1 is 0.827 bits per heavy atom. The van der Waals surface area contributed by atoms with E-state index in [2.05, 4.69) is 33.6 Å². The van der Waals surface area contributed by atoms with Crippen molar-refractivity contribution in [2.24, 2.45) is 0 Å². The van der Waals surface area contributed by atoms with E-state index >= 15 is 0 Å². The van der Waals surface area contributed by atoms with Gasteiger partial charge >= 0.3 is 35.5 Å². The van der Waals surface area contributed by atoms with Crippen LogP contribution in [0, 0.1) is 23.7 Å². The number of ether oxygens (including phenoxy) is 2. The molecule has 2 fully saturated rings. The molecule has 52 heavy (non-hydrogen) atoms. The number of nitrogens with zero attached hydrogens (tertiary/aromatic N) is 4. The van der Waals surface area contributed by atoms with Crippen LogP contribution in [0.1, 0.15) is 49.8 Å². The van der Waals surface area contributed by atoms with Crippen molar-refractivity contribution in [2.45, 2.75) is 75.4 Å². The Bertz CT molecular complexity index is 1730. The Balaban J connectivity index is 0.000000280. The molecule has 0 spiro atoms. The summed E-state index contributed by atoms with van der Waals surface area (Å²) in [6.07, 6.45) is -11.5. The molecular weight excluding hydrogens is 718 g/mol. The maximum absolute atomic E-state index is 12.1. The Hall–Kier alpha value is -5.20. The molecule has 0 aliphatic carbocycles. The van der Waals surface area contributed by atoms with Crippen molar-refractivity contribution in [3.05, 3.63) is 44.5 Å². The molecule has 0 aromatic carbocycles. The number of rotatable bonds is 6. The second kappa shape index (κ2) is 17.3. The maximum atomic E-state index is 12.1. The summed E-state index contributed by atoms with van der Waals surface area (Å²) in [4.78, 5) is 52.4. The largest absolute Gasteiger partial charge is 0.471 e. The Kier molecular flexibility index (Phi) is 13.7. The lowest BCUT2D eigenvalue weighted by molar-refractivity contribution is -0.173. The quantitative estimate of drug-likeness (QED) is 0.130. The van der Waals surface area contributed by atoms with Crippen molar-refractivity contribution in [3.63, 3.8) is 0 Å². The summed E-state index contributed by atoms with van der Waals surface area (Å²) < 4.78 is 85.4. The molecule has 6 unspecified atom stereocenters. The fourth-order valence-corrected chi connectivity index (χ4v) is 4.60. The molecule has 2 aromatic heterocycles. The first-order chi connectivity index (χ1) is 24.3. The number of amides is 2. The van der Waals surface area contributed by atoms with Crippen LogP contribution in [0.5, 0.6) is 0 Å². The number of aromatic nitrogens is 4. The first-order valence-electron chi connectivity index (χ1n) is 15.0. The monoisotopic (exact) mass is 750 g/mol. The highest BCUT2D eigenvalue weighted by molar-refractivity contribution is 5.82. The third-order valence-corrected chi connectivity index (χ3v) is 7.21. The van der Waals surface area contributed by atoms with E-state index in [1.54, 1.807) is 10.6 Å². The van der Waals surface area contributed by atoms with Gasteiger partial charge in [-0.05, 0) is 6.42 Å². The van der Waals surface area contributed by atoms with E-state index in [0.717, 1.165) is 9.13 Å². The molecule has 2 saturated heterocycles. The fraction of sp³-hybridized carbons (Fsp3) is 0.517. The summed E-state index contributed by atoms with van der Waals surface area (Å²) >= 11 is 0. The zero-order valence-corrected chi connectivity index (χ0v) is 26.9. The van der Waals surface area contributed by atoms with Crippen molar-refractivity contribution in [2.75, 3.05) is 31.2 Å². The third kappa shape index (κ3) is 10.9. The molecule has 284 valence electrons. The van der Waals surface area contributed by atoms with Crippen molar-refractivity contribution in [3.8, 4) is 23.7 Å². The zero-order valence-electron chi connectivity index (χ0n) is 26.9. The van der Waals surface area contributed by atoms with Crippen LogP contribution in [0.3, 0.4) is 0 Å². The van der Waals surface area contributed by atoms with E-state index < -0.39 is 92.1 Å². The highest BCUT2D eigenvalue weighted by Gasteiger charge is 2.39.